The Bertz CT molecular complexity index is 588. The van der Waals surface area contributed by atoms with E-state index in [9.17, 15) is 14.3 Å². The molecule has 24 heavy (non-hydrogen) atoms. The molecule has 1 saturated carbocycles. The fourth-order valence-electron chi connectivity index (χ4n) is 3.76. The Morgan fingerprint density at radius 1 is 1.29 bits per heavy atom. The van der Waals surface area contributed by atoms with Gasteiger partial charge in [-0.2, -0.15) is 0 Å². The molecule has 1 aromatic carbocycles. The summed E-state index contributed by atoms with van der Waals surface area (Å²) in [6.45, 7) is 1.64. The van der Waals surface area contributed by atoms with E-state index in [2.05, 4.69) is 10.2 Å². The van der Waals surface area contributed by atoms with E-state index in [0.29, 0.717) is 12.5 Å². The molecule has 1 unspecified atom stereocenters. The molecular formula is C19H25FN2O2. The minimum atomic E-state index is -0.260. The van der Waals surface area contributed by atoms with Crippen LogP contribution in [0.2, 0.25) is 0 Å². The van der Waals surface area contributed by atoms with Crippen LogP contribution in [0.25, 0.3) is 6.08 Å². The second kappa shape index (κ2) is 7.90. The first-order valence-electron chi connectivity index (χ1n) is 8.75. The number of nitrogens with one attached hydrogen (secondary N) is 1. The van der Waals surface area contributed by atoms with Crippen LogP contribution in [0.15, 0.2) is 30.3 Å². The zero-order valence-electron chi connectivity index (χ0n) is 13.8. The molecule has 0 spiro atoms. The van der Waals surface area contributed by atoms with Gasteiger partial charge in [-0.05, 0) is 43.4 Å². The molecule has 4 nitrogen and oxygen atoms in total. The van der Waals surface area contributed by atoms with Crippen LogP contribution in [0, 0.1) is 5.82 Å². The van der Waals surface area contributed by atoms with Crippen molar-refractivity contribution in [3.05, 3.63) is 41.7 Å². The fourth-order valence-corrected chi connectivity index (χ4v) is 3.76. The van der Waals surface area contributed by atoms with Gasteiger partial charge in [0.1, 0.15) is 5.82 Å². The number of aliphatic hydroxyl groups is 1. The fraction of sp³-hybridized carbons (Fsp3) is 0.526. The number of likely N-dealkylation sites (tertiary alicyclic amines) is 1. The molecule has 1 aliphatic heterocycles. The molecule has 0 radical (unpaired) electrons. The highest BCUT2D eigenvalue weighted by atomic mass is 19.1. The van der Waals surface area contributed by atoms with Gasteiger partial charge >= 0.3 is 0 Å². The number of carbonyl (C=O) groups excluding carboxylic acids is 1. The highest BCUT2D eigenvalue weighted by Gasteiger charge is 2.36. The van der Waals surface area contributed by atoms with E-state index in [1.807, 2.05) is 12.2 Å². The van der Waals surface area contributed by atoms with E-state index in [0.717, 1.165) is 44.3 Å². The first kappa shape index (κ1) is 17.1. The molecule has 1 aromatic rings. The topological polar surface area (TPSA) is 52.6 Å². The number of rotatable bonds is 5. The van der Waals surface area contributed by atoms with Crippen LogP contribution in [0.3, 0.4) is 0 Å². The summed E-state index contributed by atoms with van der Waals surface area (Å²) in [7, 11) is 0. The number of hydrogen-bond donors (Lipinski definition) is 2. The molecule has 130 valence electrons. The van der Waals surface area contributed by atoms with Crippen LogP contribution >= 0.6 is 0 Å². The largest absolute Gasteiger partial charge is 0.392 e. The van der Waals surface area contributed by atoms with Crippen molar-refractivity contribution in [3.63, 3.8) is 0 Å². The van der Waals surface area contributed by atoms with Gasteiger partial charge in [0, 0.05) is 31.6 Å². The van der Waals surface area contributed by atoms with Gasteiger partial charge in [0.15, 0.2) is 0 Å². The van der Waals surface area contributed by atoms with Crippen molar-refractivity contribution < 1.29 is 14.3 Å². The van der Waals surface area contributed by atoms with E-state index in [1.165, 1.54) is 12.1 Å². The van der Waals surface area contributed by atoms with E-state index in [4.69, 9.17) is 0 Å². The van der Waals surface area contributed by atoms with Crippen molar-refractivity contribution >= 4 is 12.0 Å². The van der Waals surface area contributed by atoms with Gasteiger partial charge < -0.3 is 10.4 Å². The summed E-state index contributed by atoms with van der Waals surface area (Å²) in [5, 5.41) is 12.9. The van der Waals surface area contributed by atoms with Crippen LogP contribution in [0.1, 0.15) is 37.7 Å². The first-order valence-corrected chi connectivity index (χ1v) is 8.75. The van der Waals surface area contributed by atoms with Crippen molar-refractivity contribution in [1.82, 2.24) is 10.2 Å². The lowest BCUT2D eigenvalue weighted by atomic mass is 10.1. The summed E-state index contributed by atoms with van der Waals surface area (Å²) < 4.78 is 12.8. The quantitative estimate of drug-likeness (QED) is 0.870. The second-order valence-corrected chi connectivity index (χ2v) is 6.77. The highest BCUT2D eigenvalue weighted by Crippen LogP contribution is 2.27. The first-order chi connectivity index (χ1) is 11.6. The van der Waals surface area contributed by atoms with Gasteiger partial charge in [-0.1, -0.05) is 24.3 Å². The molecule has 2 aliphatic rings. The lowest BCUT2D eigenvalue weighted by molar-refractivity contribution is -0.121. The summed E-state index contributed by atoms with van der Waals surface area (Å²) in [5.74, 6) is -0.241. The molecule has 0 bridgehead atoms. The lowest BCUT2D eigenvalue weighted by Crippen LogP contribution is -2.48. The van der Waals surface area contributed by atoms with E-state index in [-0.39, 0.29) is 23.9 Å². The average molecular weight is 332 g/mol. The third kappa shape index (κ3) is 4.42. The number of amides is 1. The minimum absolute atomic E-state index is 0.0185. The number of β-amino-alcohol motifs (C(OH)–C–C–N with tert-alkyl or cyclic N) is 1. The van der Waals surface area contributed by atoms with Crippen molar-refractivity contribution in [2.24, 2.45) is 0 Å². The molecule has 1 saturated heterocycles. The summed E-state index contributed by atoms with van der Waals surface area (Å²) >= 11 is 0. The normalized spacial score (nSPS) is 27.8. The van der Waals surface area contributed by atoms with Crippen molar-refractivity contribution in [2.75, 3.05) is 13.1 Å². The molecular weight excluding hydrogens is 307 g/mol. The number of hydrogen-bond acceptors (Lipinski definition) is 3. The standard InChI is InChI=1S/C19H25FN2O2/c20-15-9-7-14(8-10-15)3-1-6-19(24)21-17-4-2-5-18(17)22-12-11-16(23)13-22/h1,3,7-10,16-18,23H,2,4-6,11-13H2,(H,21,24)/b3-1+/t16?,17-,18+/m1/s1. The van der Waals surface area contributed by atoms with Crippen LogP contribution in [-0.4, -0.2) is 47.2 Å². The van der Waals surface area contributed by atoms with Crippen molar-refractivity contribution in [2.45, 2.75) is 50.3 Å². The van der Waals surface area contributed by atoms with Crippen LogP contribution < -0.4 is 5.32 Å². The van der Waals surface area contributed by atoms with Gasteiger partial charge in [0.25, 0.3) is 0 Å². The summed E-state index contributed by atoms with van der Waals surface area (Å²) in [6.07, 6.45) is 7.79. The maximum atomic E-state index is 12.8. The second-order valence-electron chi connectivity index (χ2n) is 6.77. The smallest absolute Gasteiger partial charge is 0.224 e. The third-order valence-corrected chi connectivity index (χ3v) is 4.97. The van der Waals surface area contributed by atoms with E-state index >= 15 is 0 Å². The molecule has 1 amide bonds. The van der Waals surface area contributed by atoms with E-state index < -0.39 is 0 Å². The maximum Gasteiger partial charge on any atom is 0.224 e. The van der Waals surface area contributed by atoms with Crippen molar-refractivity contribution in [1.29, 1.82) is 0 Å². The van der Waals surface area contributed by atoms with Gasteiger partial charge in [-0.15, -0.1) is 0 Å². The van der Waals surface area contributed by atoms with Crippen LogP contribution in [0.5, 0.6) is 0 Å². The zero-order chi connectivity index (χ0) is 16.9. The molecule has 1 aliphatic carbocycles. The molecule has 3 rings (SSSR count). The van der Waals surface area contributed by atoms with Gasteiger partial charge in [0.2, 0.25) is 5.91 Å². The summed E-state index contributed by atoms with van der Waals surface area (Å²) in [5.41, 5.74) is 0.883. The Hall–Kier alpha value is -1.72. The monoisotopic (exact) mass is 332 g/mol. The molecule has 1 heterocycles. The molecule has 0 aromatic heterocycles. The summed E-state index contributed by atoms with van der Waals surface area (Å²) in [4.78, 5) is 14.5. The zero-order valence-corrected chi connectivity index (χ0v) is 13.8. The number of nitrogens with zero attached hydrogens (tertiary/aromatic N) is 1. The lowest BCUT2D eigenvalue weighted by Gasteiger charge is -2.29. The predicted octanol–water partition coefficient (Wildman–Crippen LogP) is 2.33. The summed E-state index contributed by atoms with van der Waals surface area (Å²) in [6, 6.07) is 6.74. The molecule has 5 heteroatoms. The molecule has 2 fully saturated rings. The van der Waals surface area contributed by atoms with Gasteiger partial charge in [-0.25, -0.2) is 4.39 Å². The minimum Gasteiger partial charge on any atom is -0.392 e. The third-order valence-electron chi connectivity index (χ3n) is 4.97. The maximum absolute atomic E-state index is 12.8. The van der Waals surface area contributed by atoms with Crippen LogP contribution in [-0.2, 0) is 4.79 Å². The number of aliphatic hydroxyl groups excluding tert-OH is 1. The Morgan fingerprint density at radius 2 is 2.08 bits per heavy atom. The van der Waals surface area contributed by atoms with E-state index in [1.54, 1.807) is 12.1 Å². The SMILES string of the molecule is O=C(C/C=C/c1ccc(F)cc1)N[C@@H]1CCC[C@@H]1N1CCC(O)C1. The number of halogens is 1. The molecule has 2 N–H and O–H groups in total. The average Bonchev–Trinajstić information content (AvgIpc) is 3.18. The number of carbonyl (C=O) groups is 1. The highest BCUT2D eigenvalue weighted by molar-refractivity contribution is 5.78. The Balaban J connectivity index is 1.48. The van der Waals surface area contributed by atoms with Gasteiger partial charge in [0.05, 0.1) is 6.10 Å². The number of benzene rings is 1. The Kier molecular flexibility index (Phi) is 5.63. The predicted molar refractivity (Wildman–Crippen MR) is 91.8 cm³/mol. The molecule has 3 atom stereocenters. The Labute approximate surface area is 142 Å². The van der Waals surface area contributed by atoms with Crippen molar-refractivity contribution in [3.8, 4) is 0 Å². The van der Waals surface area contributed by atoms with Gasteiger partial charge in [-0.3, -0.25) is 9.69 Å². The Morgan fingerprint density at radius 3 is 2.79 bits per heavy atom. The van der Waals surface area contributed by atoms with Crippen LogP contribution in [0.4, 0.5) is 4.39 Å².